The third-order valence-corrected chi connectivity index (χ3v) is 5.43. The molecule has 0 aliphatic rings. The van der Waals surface area contributed by atoms with E-state index >= 15 is 0 Å². The van der Waals surface area contributed by atoms with Crippen molar-refractivity contribution in [3.63, 3.8) is 0 Å². The third kappa shape index (κ3) is 2.59. The number of halogens is 2. The molecule has 0 radical (unpaired) electrons. The van der Waals surface area contributed by atoms with Crippen LogP contribution < -0.4 is 5.73 Å². The molecule has 0 aliphatic carbocycles. The number of nitrogens with two attached hydrogens (primary N) is 1. The lowest BCUT2D eigenvalue weighted by Gasteiger charge is -2.19. The van der Waals surface area contributed by atoms with Gasteiger partial charge in [0.2, 0.25) is 0 Å². The summed E-state index contributed by atoms with van der Waals surface area (Å²) in [6.07, 6.45) is 0. The molecular formula is C19H15Br2N. The zero-order valence-electron chi connectivity index (χ0n) is 12.1. The normalized spacial score (nSPS) is 10.7. The number of rotatable bonds is 2. The molecule has 3 aromatic carbocycles. The lowest BCUT2D eigenvalue weighted by atomic mass is 9.92. The van der Waals surface area contributed by atoms with Gasteiger partial charge in [0.05, 0.1) is 5.69 Å². The van der Waals surface area contributed by atoms with Gasteiger partial charge >= 0.3 is 0 Å². The summed E-state index contributed by atoms with van der Waals surface area (Å²) in [4.78, 5) is 0. The van der Waals surface area contributed by atoms with Crippen LogP contribution in [-0.2, 0) is 0 Å². The van der Waals surface area contributed by atoms with E-state index in [-0.39, 0.29) is 0 Å². The second kappa shape index (κ2) is 6.27. The van der Waals surface area contributed by atoms with E-state index in [0.717, 1.165) is 36.9 Å². The predicted octanol–water partition coefficient (Wildman–Crippen LogP) is 6.44. The first kappa shape index (κ1) is 15.3. The fourth-order valence-corrected chi connectivity index (χ4v) is 4.43. The molecule has 1 nitrogen and oxygen atoms in total. The van der Waals surface area contributed by atoms with Gasteiger partial charge in [-0.3, -0.25) is 0 Å². The molecule has 0 saturated heterocycles. The van der Waals surface area contributed by atoms with E-state index in [1.165, 1.54) is 5.56 Å². The highest BCUT2D eigenvalue weighted by atomic mass is 79.9. The van der Waals surface area contributed by atoms with Crippen LogP contribution in [0.4, 0.5) is 5.69 Å². The minimum absolute atomic E-state index is 0.725. The number of anilines is 1. The molecule has 3 heteroatoms. The van der Waals surface area contributed by atoms with Crippen LogP contribution in [0, 0.1) is 6.92 Å². The summed E-state index contributed by atoms with van der Waals surface area (Å²) in [6.45, 7) is 2.14. The van der Waals surface area contributed by atoms with Crippen molar-refractivity contribution < 1.29 is 0 Å². The minimum Gasteiger partial charge on any atom is -0.397 e. The highest BCUT2D eigenvalue weighted by molar-refractivity contribution is 9.11. The zero-order valence-corrected chi connectivity index (χ0v) is 15.3. The largest absolute Gasteiger partial charge is 0.397 e. The summed E-state index contributed by atoms with van der Waals surface area (Å²) in [7, 11) is 0. The first-order valence-corrected chi connectivity index (χ1v) is 8.57. The van der Waals surface area contributed by atoms with Crippen molar-refractivity contribution in [1.29, 1.82) is 0 Å². The lowest BCUT2D eigenvalue weighted by molar-refractivity contribution is 1.41. The number of nitrogen functional groups attached to an aromatic ring is 1. The van der Waals surface area contributed by atoms with Crippen LogP contribution in [-0.4, -0.2) is 0 Å². The Hall–Kier alpha value is -1.58. The summed E-state index contributed by atoms with van der Waals surface area (Å²) >= 11 is 7.34. The predicted molar refractivity (Wildman–Crippen MR) is 102 cm³/mol. The lowest BCUT2D eigenvalue weighted by Crippen LogP contribution is -1.98. The van der Waals surface area contributed by atoms with Crippen molar-refractivity contribution in [3.05, 3.63) is 75.2 Å². The van der Waals surface area contributed by atoms with Gasteiger partial charge in [-0.15, -0.1) is 0 Å². The maximum Gasteiger partial charge on any atom is 0.0615 e. The van der Waals surface area contributed by atoms with Gasteiger partial charge in [0.15, 0.2) is 0 Å². The molecule has 0 unspecified atom stereocenters. The van der Waals surface area contributed by atoms with Crippen LogP contribution in [0.25, 0.3) is 22.3 Å². The molecule has 22 heavy (non-hydrogen) atoms. The van der Waals surface area contributed by atoms with Crippen LogP contribution in [0.3, 0.4) is 0 Å². The van der Waals surface area contributed by atoms with Gasteiger partial charge in [-0.05, 0) is 55.5 Å². The Kier molecular flexibility index (Phi) is 4.37. The molecule has 0 amide bonds. The Morgan fingerprint density at radius 2 is 1.05 bits per heavy atom. The fraction of sp³-hybridized carbons (Fsp3) is 0.0526. The van der Waals surface area contributed by atoms with E-state index < -0.39 is 0 Å². The SMILES string of the molecule is Cc1c(-c2ccccc2)c(Br)c(N)c(Br)c1-c1ccccc1. The number of benzene rings is 3. The van der Waals surface area contributed by atoms with Crippen molar-refractivity contribution >= 4 is 37.5 Å². The smallest absolute Gasteiger partial charge is 0.0615 e. The Labute approximate surface area is 147 Å². The van der Waals surface area contributed by atoms with Crippen molar-refractivity contribution in [2.75, 3.05) is 5.73 Å². The van der Waals surface area contributed by atoms with Gasteiger partial charge in [-0.25, -0.2) is 0 Å². The van der Waals surface area contributed by atoms with Crippen molar-refractivity contribution in [1.82, 2.24) is 0 Å². The summed E-state index contributed by atoms with van der Waals surface area (Å²) in [5.74, 6) is 0. The first-order chi connectivity index (χ1) is 10.6. The third-order valence-electron chi connectivity index (χ3n) is 3.79. The molecule has 0 aromatic heterocycles. The van der Waals surface area contributed by atoms with Crippen LogP contribution in [0.2, 0.25) is 0 Å². The topological polar surface area (TPSA) is 26.0 Å². The second-order valence-electron chi connectivity index (χ2n) is 5.15. The van der Waals surface area contributed by atoms with E-state index in [1.807, 2.05) is 36.4 Å². The van der Waals surface area contributed by atoms with E-state index in [2.05, 4.69) is 63.0 Å². The summed E-state index contributed by atoms with van der Waals surface area (Å²) < 4.78 is 1.87. The highest BCUT2D eigenvalue weighted by Gasteiger charge is 2.19. The molecule has 0 spiro atoms. The molecule has 3 aromatic rings. The molecule has 0 bridgehead atoms. The maximum absolute atomic E-state index is 6.33. The van der Waals surface area contributed by atoms with Crippen molar-refractivity contribution in [2.45, 2.75) is 6.92 Å². The summed E-state index contributed by atoms with van der Waals surface area (Å²) in [5.41, 5.74) is 12.8. The summed E-state index contributed by atoms with van der Waals surface area (Å²) in [5, 5.41) is 0. The van der Waals surface area contributed by atoms with Crippen LogP contribution in [0.15, 0.2) is 69.6 Å². The van der Waals surface area contributed by atoms with Gasteiger partial charge in [0.1, 0.15) is 0 Å². The van der Waals surface area contributed by atoms with Crippen molar-refractivity contribution in [3.8, 4) is 22.3 Å². The molecule has 0 fully saturated rings. The molecule has 2 N–H and O–H groups in total. The number of hydrogen-bond donors (Lipinski definition) is 1. The maximum atomic E-state index is 6.33. The summed E-state index contributed by atoms with van der Waals surface area (Å²) in [6, 6.07) is 20.6. The van der Waals surface area contributed by atoms with E-state index in [9.17, 15) is 0 Å². The monoisotopic (exact) mass is 415 g/mol. The first-order valence-electron chi connectivity index (χ1n) is 6.99. The average molecular weight is 417 g/mol. The van der Waals surface area contributed by atoms with Crippen LogP contribution in [0.5, 0.6) is 0 Å². The Morgan fingerprint density at radius 1 is 0.682 bits per heavy atom. The quantitative estimate of drug-likeness (QED) is 0.478. The van der Waals surface area contributed by atoms with E-state index in [1.54, 1.807) is 0 Å². The molecule has 3 rings (SSSR count). The second-order valence-corrected chi connectivity index (χ2v) is 6.73. The van der Waals surface area contributed by atoms with Gasteiger partial charge in [-0.1, -0.05) is 60.7 Å². The molecular weight excluding hydrogens is 402 g/mol. The van der Waals surface area contributed by atoms with Gasteiger partial charge in [0, 0.05) is 20.1 Å². The van der Waals surface area contributed by atoms with Crippen LogP contribution in [0.1, 0.15) is 5.56 Å². The standard InChI is InChI=1S/C19H15Br2N/c1-12-15(13-8-4-2-5-9-13)17(20)19(22)18(21)16(12)14-10-6-3-7-11-14/h2-11H,22H2,1H3. The molecule has 0 atom stereocenters. The Bertz CT molecular complexity index is 745. The van der Waals surface area contributed by atoms with Gasteiger partial charge in [-0.2, -0.15) is 0 Å². The molecule has 0 heterocycles. The Morgan fingerprint density at radius 3 is 1.41 bits per heavy atom. The van der Waals surface area contributed by atoms with Crippen molar-refractivity contribution in [2.24, 2.45) is 0 Å². The van der Waals surface area contributed by atoms with Gasteiger partial charge < -0.3 is 5.73 Å². The van der Waals surface area contributed by atoms with E-state index in [4.69, 9.17) is 5.73 Å². The van der Waals surface area contributed by atoms with E-state index in [0.29, 0.717) is 0 Å². The average Bonchev–Trinajstić information content (AvgIpc) is 2.55. The molecule has 110 valence electrons. The van der Waals surface area contributed by atoms with Gasteiger partial charge in [0.25, 0.3) is 0 Å². The van der Waals surface area contributed by atoms with Crippen LogP contribution >= 0.6 is 31.9 Å². The minimum atomic E-state index is 0.725. The number of hydrogen-bond acceptors (Lipinski definition) is 1. The molecule has 0 aliphatic heterocycles. The highest BCUT2D eigenvalue weighted by Crippen LogP contribution is 2.46. The zero-order chi connectivity index (χ0) is 15.7. The Balaban J connectivity index is 2.36. The molecule has 0 saturated carbocycles. The fourth-order valence-electron chi connectivity index (χ4n) is 2.72.